The van der Waals surface area contributed by atoms with E-state index in [1.807, 2.05) is 35.0 Å². The average molecular weight is 462 g/mol. The molecule has 0 atom stereocenters. The predicted molar refractivity (Wildman–Crippen MR) is 135 cm³/mol. The van der Waals surface area contributed by atoms with E-state index in [0.29, 0.717) is 41.4 Å². The molecule has 8 nitrogen and oxygen atoms in total. The maximum absolute atomic E-state index is 12.9. The summed E-state index contributed by atoms with van der Waals surface area (Å²) in [6, 6.07) is 10.4. The van der Waals surface area contributed by atoms with Gasteiger partial charge in [-0.05, 0) is 37.0 Å². The van der Waals surface area contributed by atoms with Crippen LogP contribution in [0.1, 0.15) is 49.7 Å². The third-order valence-electron chi connectivity index (χ3n) is 6.21. The summed E-state index contributed by atoms with van der Waals surface area (Å²) in [5.41, 5.74) is 4.39. The summed E-state index contributed by atoms with van der Waals surface area (Å²) in [6.45, 7) is 6.18. The summed E-state index contributed by atoms with van der Waals surface area (Å²) in [5.74, 6) is -0.783. The van der Waals surface area contributed by atoms with Gasteiger partial charge in [0.2, 0.25) is 5.91 Å². The van der Waals surface area contributed by atoms with Crippen molar-refractivity contribution in [3.05, 3.63) is 54.0 Å². The van der Waals surface area contributed by atoms with Gasteiger partial charge in [0.15, 0.2) is 5.69 Å². The van der Waals surface area contributed by atoms with Crippen LogP contribution in [0.25, 0.3) is 21.9 Å². The Hall–Kier alpha value is -3.81. The molecule has 0 spiro atoms. The highest BCUT2D eigenvalue weighted by molar-refractivity contribution is 6.11. The summed E-state index contributed by atoms with van der Waals surface area (Å²) in [6.07, 6.45) is 6.40. The molecule has 0 unspecified atom stereocenters. The zero-order valence-corrected chi connectivity index (χ0v) is 20.1. The van der Waals surface area contributed by atoms with Crippen molar-refractivity contribution in [3.63, 3.8) is 0 Å². The van der Waals surface area contributed by atoms with Gasteiger partial charge >= 0.3 is 5.97 Å². The van der Waals surface area contributed by atoms with Gasteiger partial charge in [-0.25, -0.2) is 9.78 Å². The predicted octanol–water partition coefficient (Wildman–Crippen LogP) is 5.11. The van der Waals surface area contributed by atoms with Crippen LogP contribution >= 0.6 is 0 Å². The van der Waals surface area contributed by atoms with Crippen molar-refractivity contribution in [1.29, 1.82) is 0 Å². The number of ether oxygens (including phenoxy) is 1. The molecule has 178 valence electrons. The smallest absolute Gasteiger partial charge is 0.356 e. The van der Waals surface area contributed by atoms with E-state index in [0.717, 1.165) is 35.0 Å². The first kappa shape index (κ1) is 23.4. The monoisotopic (exact) mass is 461 g/mol. The Kier molecular flexibility index (Phi) is 6.86. The van der Waals surface area contributed by atoms with Crippen molar-refractivity contribution >= 4 is 45.2 Å². The Bertz CT molecular complexity index is 1330. The number of benzene rings is 1. The van der Waals surface area contributed by atoms with Crippen LogP contribution < -0.4 is 10.6 Å². The molecule has 1 aromatic carbocycles. The van der Waals surface area contributed by atoms with Gasteiger partial charge in [-0.2, -0.15) is 0 Å². The number of aromatic amines is 1. The number of methoxy groups -OCH3 is 1. The van der Waals surface area contributed by atoms with Crippen molar-refractivity contribution in [2.75, 3.05) is 17.7 Å². The Morgan fingerprint density at radius 3 is 2.65 bits per heavy atom. The number of rotatable bonds is 9. The summed E-state index contributed by atoms with van der Waals surface area (Å²) in [7, 11) is 1.34. The minimum atomic E-state index is -0.518. The first-order valence-corrected chi connectivity index (χ1v) is 11.7. The van der Waals surface area contributed by atoms with Crippen molar-refractivity contribution in [3.8, 4) is 0 Å². The number of amides is 1. The van der Waals surface area contributed by atoms with Crippen LogP contribution in [0.15, 0.2) is 42.7 Å². The molecule has 3 aromatic heterocycles. The summed E-state index contributed by atoms with van der Waals surface area (Å²) >= 11 is 0. The van der Waals surface area contributed by atoms with E-state index in [1.165, 1.54) is 14.0 Å². The molecule has 0 aliphatic rings. The third kappa shape index (κ3) is 4.48. The van der Waals surface area contributed by atoms with Crippen LogP contribution in [0.3, 0.4) is 0 Å². The Morgan fingerprint density at radius 2 is 1.94 bits per heavy atom. The normalized spacial score (nSPS) is 11.3. The zero-order valence-electron chi connectivity index (χ0n) is 20.1. The number of anilines is 2. The fourth-order valence-corrected chi connectivity index (χ4v) is 4.43. The molecule has 0 aliphatic heterocycles. The number of para-hydroxylation sites is 1. The van der Waals surface area contributed by atoms with E-state index in [-0.39, 0.29) is 5.91 Å². The number of nitrogens with one attached hydrogen (secondary N) is 3. The third-order valence-corrected chi connectivity index (χ3v) is 6.21. The molecule has 3 heterocycles. The quantitative estimate of drug-likeness (QED) is 0.301. The van der Waals surface area contributed by atoms with Crippen LogP contribution in [0.4, 0.5) is 11.4 Å². The molecular formula is C26H31N5O3. The molecule has 1 amide bonds. The molecule has 0 saturated carbocycles. The van der Waals surface area contributed by atoms with Crippen molar-refractivity contribution in [2.45, 2.75) is 52.6 Å². The van der Waals surface area contributed by atoms with E-state index in [1.54, 1.807) is 6.20 Å². The van der Waals surface area contributed by atoms with Gasteiger partial charge in [0, 0.05) is 42.0 Å². The minimum Gasteiger partial charge on any atom is -0.464 e. The molecule has 3 N–H and O–H groups in total. The summed E-state index contributed by atoms with van der Waals surface area (Å²) in [5, 5.41) is 8.18. The zero-order chi connectivity index (χ0) is 24.2. The number of esters is 1. The molecule has 0 radical (unpaired) electrons. The van der Waals surface area contributed by atoms with Crippen molar-refractivity contribution < 1.29 is 14.3 Å². The number of hydrogen-bond acceptors (Lipinski definition) is 5. The number of carbonyl (C=O) groups is 2. The van der Waals surface area contributed by atoms with Crippen LogP contribution in [-0.2, 0) is 22.5 Å². The Labute approximate surface area is 198 Å². The van der Waals surface area contributed by atoms with E-state index in [2.05, 4.69) is 35.5 Å². The number of aryl methyl sites for hydroxylation is 2. The van der Waals surface area contributed by atoms with Crippen molar-refractivity contribution in [1.82, 2.24) is 14.5 Å². The molecule has 0 aliphatic carbocycles. The van der Waals surface area contributed by atoms with Gasteiger partial charge in [-0.3, -0.25) is 4.79 Å². The number of nitrogens with zero attached hydrogens (tertiary/aromatic N) is 2. The van der Waals surface area contributed by atoms with Crippen LogP contribution in [-0.4, -0.2) is 39.6 Å². The van der Waals surface area contributed by atoms with E-state index >= 15 is 0 Å². The summed E-state index contributed by atoms with van der Waals surface area (Å²) in [4.78, 5) is 33.0. The first-order valence-electron chi connectivity index (χ1n) is 11.7. The van der Waals surface area contributed by atoms with Gasteiger partial charge in [0.25, 0.3) is 0 Å². The highest BCUT2D eigenvalue weighted by atomic mass is 16.5. The van der Waals surface area contributed by atoms with E-state index in [4.69, 9.17) is 9.72 Å². The van der Waals surface area contributed by atoms with E-state index in [9.17, 15) is 9.59 Å². The molecule has 4 aromatic rings. The van der Waals surface area contributed by atoms with E-state index < -0.39 is 5.97 Å². The fourth-order valence-electron chi connectivity index (χ4n) is 4.43. The van der Waals surface area contributed by atoms with Gasteiger partial charge in [-0.15, -0.1) is 0 Å². The second kappa shape index (κ2) is 9.99. The van der Waals surface area contributed by atoms with Crippen LogP contribution in [0, 0.1) is 0 Å². The highest BCUT2D eigenvalue weighted by Gasteiger charge is 2.26. The van der Waals surface area contributed by atoms with Gasteiger partial charge in [0.05, 0.1) is 24.7 Å². The summed E-state index contributed by atoms with van der Waals surface area (Å²) < 4.78 is 6.95. The number of pyridine rings is 1. The number of H-pyrrole nitrogens is 1. The first-order chi connectivity index (χ1) is 16.5. The highest BCUT2D eigenvalue weighted by Crippen LogP contribution is 2.33. The van der Waals surface area contributed by atoms with Gasteiger partial charge in [0.1, 0.15) is 5.65 Å². The number of hydrogen-bond donors (Lipinski definition) is 3. The van der Waals surface area contributed by atoms with Gasteiger partial charge in [-0.1, -0.05) is 32.0 Å². The largest absolute Gasteiger partial charge is 0.464 e. The number of carbonyl (C=O) groups excluding carboxylic acids is 2. The standard InChI is InChI=1S/C26H31N5O3/c1-5-18(6-2)30-19-13-21-23(29-16(3)32)24(26(33)34-4)31(25(21)28-15-19)12-11-17-14-27-22-10-8-7-9-20(17)22/h7-10,13-15,18,27,30H,5-6,11-12H2,1-4H3,(H,29,32). The lowest BCUT2D eigenvalue weighted by Gasteiger charge is -2.16. The number of fused-ring (bicyclic) bond motifs is 2. The molecule has 0 saturated heterocycles. The molecule has 0 bridgehead atoms. The Morgan fingerprint density at radius 1 is 1.18 bits per heavy atom. The molecular weight excluding hydrogens is 430 g/mol. The topological polar surface area (TPSA) is 101 Å². The molecule has 8 heteroatoms. The second-order valence-corrected chi connectivity index (χ2v) is 8.41. The molecule has 4 rings (SSSR count). The Balaban J connectivity index is 1.81. The van der Waals surface area contributed by atoms with Crippen LogP contribution in [0.2, 0.25) is 0 Å². The maximum atomic E-state index is 12.9. The van der Waals surface area contributed by atoms with Crippen molar-refractivity contribution in [2.24, 2.45) is 0 Å². The minimum absolute atomic E-state index is 0.265. The lowest BCUT2D eigenvalue weighted by atomic mass is 10.1. The fraction of sp³-hybridized carbons (Fsp3) is 0.346. The molecule has 34 heavy (non-hydrogen) atoms. The lowest BCUT2D eigenvalue weighted by molar-refractivity contribution is -0.114. The number of aromatic nitrogens is 3. The maximum Gasteiger partial charge on any atom is 0.356 e. The lowest BCUT2D eigenvalue weighted by Crippen LogP contribution is -2.17. The SMILES string of the molecule is CCC(CC)Nc1cnc2c(c1)c(NC(C)=O)c(C(=O)OC)n2CCc1c[nH]c2ccccc12. The van der Waals surface area contributed by atoms with Gasteiger partial charge < -0.3 is 24.9 Å². The van der Waals surface area contributed by atoms with Crippen LogP contribution in [0.5, 0.6) is 0 Å². The average Bonchev–Trinajstić information content (AvgIpc) is 3.39. The molecule has 0 fully saturated rings. The second-order valence-electron chi connectivity index (χ2n) is 8.41.